The smallest absolute Gasteiger partial charge is 0.159 e. The topological polar surface area (TPSA) is 17.1 Å². The molecule has 0 spiro atoms. The monoisotopic (exact) mass is 218 g/mol. The van der Waals surface area contributed by atoms with Crippen LogP contribution in [0, 0.1) is 11.8 Å². The lowest BCUT2D eigenvalue weighted by Gasteiger charge is -2.01. The van der Waals surface area contributed by atoms with Gasteiger partial charge in [0.2, 0.25) is 0 Å². The number of carbonyl (C=O) groups is 1. The molecule has 0 aromatic heterocycles. The molecule has 0 N–H and O–H groups in total. The van der Waals surface area contributed by atoms with E-state index in [2.05, 4.69) is 11.8 Å². The molecule has 0 aliphatic heterocycles. The van der Waals surface area contributed by atoms with Gasteiger partial charge < -0.3 is 0 Å². The molecule has 0 amide bonds. The molecule has 15 heavy (non-hydrogen) atoms. The first-order chi connectivity index (χ1) is 7.24. The Balaban J connectivity index is 2.56. The highest BCUT2D eigenvalue weighted by atomic mass is 32.2. The third-order valence-corrected chi connectivity index (χ3v) is 2.91. The van der Waals surface area contributed by atoms with Crippen molar-refractivity contribution >= 4 is 17.5 Å². The minimum atomic E-state index is 0.116. The first-order valence-electron chi connectivity index (χ1n) is 4.87. The van der Waals surface area contributed by atoms with Gasteiger partial charge in [0, 0.05) is 22.6 Å². The minimum absolute atomic E-state index is 0.116. The van der Waals surface area contributed by atoms with Gasteiger partial charge in [0.25, 0.3) is 0 Å². The summed E-state index contributed by atoms with van der Waals surface area (Å²) in [5.41, 5.74) is 0.779. The van der Waals surface area contributed by atoms with E-state index >= 15 is 0 Å². The van der Waals surface area contributed by atoms with Crippen LogP contribution >= 0.6 is 11.8 Å². The largest absolute Gasteiger partial charge is 0.295 e. The van der Waals surface area contributed by atoms with Crippen LogP contribution in [0.1, 0.15) is 30.6 Å². The first-order valence-corrected chi connectivity index (χ1v) is 5.86. The van der Waals surface area contributed by atoms with E-state index in [0.29, 0.717) is 0 Å². The van der Waals surface area contributed by atoms with E-state index in [4.69, 9.17) is 0 Å². The Morgan fingerprint density at radius 3 is 2.93 bits per heavy atom. The predicted octanol–water partition coefficient (Wildman–Crippen LogP) is 3.39. The molecule has 1 aromatic rings. The number of benzene rings is 1. The summed E-state index contributed by atoms with van der Waals surface area (Å²) in [4.78, 5) is 12.3. The summed E-state index contributed by atoms with van der Waals surface area (Å²) in [6.07, 6.45) is 0.894. The fraction of sp³-hybridized carbons (Fsp3) is 0.308. The Kier molecular flexibility index (Phi) is 5.00. The van der Waals surface area contributed by atoms with E-state index in [0.717, 1.165) is 22.6 Å². The average molecular weight is 218 g/mol. The third-order valence-electron chi connectivity index (χ3n) is 1.91. The SMILES string of the molecule is CC#CCCSc1cccc(C(C)=O)c1. The van der Waals surface area contributed by atoms with Crippen molar-refractivity contribution in [3.8, 4) is 11.8 Å². The van der Waals surface area contributed by atoms with Crippen LogP contribution in [0.2, 0.25) is 0 Å². The van der Waals surface area contributed by atoms with Gasteiger partial charge in [-0.2, -0.15) is 0 Å². The van der Waals surface area contributed by atoms with Crippen LogP contribution in [0.5, 0.6) is 0 Å². The van der Waals surface area contributed by atoms with Gasteiger partial charge >= 0.3 is 0 Å². The number of ketones is 1. The van der Waals surface area contributed by atoms with E-state index in [1.165, 1.54) is 0 Å². The third kappa shape index (κ3) is 4.22. The molecule has 2 heteroatoms. The van der Waals surface area contributed by atoms with Crippen molar-refractivity contribution in [1.82, 2.24) is 0 Å². The van der Waals surface area contributed by atoms with Gasteiger partial charge in [-0.3, -0.25) is 4.79 Å². The number of rotatable bonds is 4. The van der Waals surface area contributed by atoms with Crippen LogP contribution in [0.4, 0.5) is 0 Å². The maximum atomic E-state index is 11.1. The van der Waals surface area contributed by atoms with Crippen molar-refractivity contribution in [2.24, 2.45) is 0 Å². The average Bonchev–Trinajstić information content (AvgIpc) is 2.25. The van der Waals surface area contributed by atoms with E-state index in [1.807, 2.05) is 31.2 Å². The van der Waals surface area contributed by atoms with Crippen LogP contribution in [-0.2, 0) is 0 Å². The Labute approximate surface area is 95.3 Å². The van der Waals surface area contributed by atoms with E-state index < -0.39 is 0 Å². The van der Waals surface area contributed by atoms with Crippen LogP contribution in [0.3, 0.4) is 0 Å². The van der Waals surface area contributed by atoms with Gasteiger partial charge in [-0.05, 0) is 26.0 Å². The second kappa shape index (κ2) is 6.31. The van der Waals surface area contributed by atoms with Gasteiger partial charge in [0.15, 0.2) is 5.78 Å². The molecule has 1 aromatic carbocycles. The molecule has 0 bridgehead atoms. The zero-order chi connectivity index (χ0) is 11.1. The standard InChI is InChI=1S/C13H14OS/c1-3-4-5-9-15-13-8-6-7-12(10-13)11(2)14/h6-8,10H,5,9H2,1-2H3. The van der Waals surface area contributed by atoms with Crippen molar-refractivity contribution in [3.05, 3.63) is 29.8 Å². The molecule has 0 saturated carbocycles. The van der Waals surface area contributed by atoms with Crippen LogP contribution in [0.15, 0.2) is 29.2 Å². The minimum Gasteiger partial charge on any atom is -0.295 e. The lowest BCUT2D eigenvalue weighted by molar-refractivity contribution is 0.101. The molecular weight excluding hydrogens is 204 g/mol. The quantitative estimate of drug-likeness (QED) is 0.333. The highest BCUT2D eigenvalue weighted by Gasteiger charge is 2.00. The lowest BCUT2D eigenvalue weighted by Crippen LogP contribution is -1.91. The fourth-order valence-electron chi connectivity index (χ4n) is 1.15. The summed E-state index contributed by atoms with van der Waals surface area (Å²) in [6, 6.07) is 7.73. The highest BCUT2D eigenvalue weighted by molar-refractivity contribution is 7.99. The Morgan fingerprint density at radius 2 is 2.27 bits per heavy atom. The molecule has 0 aliphatic rings. The molecule has 0 atom stereocenters. The molecular formula is C13H14OS. The fourth-order valence-corrected chi connectivity index (χ4v) is 1.97. The summed E-state index contributed by atoms with van der Waals surface area (Å²) in [7, 11) is 0. The Hall–Kier alpha value is -1.20. The highest BCUT2D eigenvalue weighted by Crippen LogP contribution is 2.19. The second-order valence-corrected chi connectivity index (χ2v) is 4.28. The zero-order valence-corrected chi connectivity index (χ0v) is 9.86. The molecule has 1 nitrogen and oxygen atoms in total. The normalized spacial score (nSPS) is 9.20. The molecule has 0 unspecified atom stereocenters. The number of carbonyl (C=O) groups excluding carboxylic acids is 1. The van der Waals surface area contributed by atoms with E-state index in [9.17, 15) is 4.79 Å². The van der Waals surface area contributed by atoms with Crippen molar-refractivity contribution in [1.29, 1.82) is 0 Å². The van der Waals surface area contributed by atoms with Crippen molar-refractivity contribution in [2.75, 3.05) is 5.75 Å². The Morgan fingerprint density at radius 1 is 1.47 bits per heavy atom. The van der Waals surface area contributed by atoms with Crippen LogP contribution < -0.4 is 0 Å². The van der Waals surface area contributed by atoms with Crippen molar-refractivity contribution in [2.45, 2.75) is 25.2 Å². The zero-order valence-electron chi connectivity index (χ0n) is 9.04. The molecule has 0 aliphatic carbocycles. The van der Waals surface area contributed by atoms with Crippen molar-refractivity contribution < 1.29 is 4.79 Å². The van der Waals surface area contributed by atoms with Gasteiger partial charge in [0.1, 0.15) is 0 Å². The summed E-state index contributed by atoms with van der Waals surface area (Å²) < 4.78 is 0. The van der Waals surface area contributed by atoms with Crippen LogP contribution in [0.25, 0.3) is 0 Å². The maximum Gasteiger partial charge on any atom is 0.159 e. The predicted molar refractivity (Wildman–Crippen MR) is 65.2 cm³/mol. The lowest BCUT2D eigenvalue weighted by atomic mass is 10.2. The van der Waals surface area contributed by atoms with Gasteiger partial charge in [-0.1, -0.05) is 12.1 Å². The van der Waals surface area contributed by atoms with Gasteiger partial charge in [0.05, 0.1) is 0 Å². The van der Waals surface area contributed by atoms with Crippen LogP contribution in [-0.4, -0.2) is 11.5 Å². The number of Topliss-reactive ketones (excluding diaryl/α,β-unsaturated/α-hetero) is 1. The molecule has 0 fully saturated rings. The second-order valence-electron chi connectivity index (χ2n) is 3.11. The molecule has 0 saturated heterocycles. The molecule has 78 valence electrons. The number of thioether (sulfide) groups is 1. The number of hydrogen-bond donors (Lipinski definition) is 0. The molecule has 0 heterocycles. The molecule has 0 radical (unpaired) electrons. The van der Waals surface area contributed by atoms with Gasteiger partial charge in [-0.15, -0.1) is 23.6 Å². The Bertz CT molecular complexity index is 398. The summed E-state index contributed by atoms with van der Waals surface area (Å²) in [6.45, 7) is 3.44. The maximum absolute atomic E-state index is 11.1. The van der Waals surface area contributed by atoms with Crippen molar-refractivity contribution in [3.63, 3.8) is 0 Å². The van der Waals surface area contributed by atoms with E-state index in [-0.39, 0.29) is 5.78 Å². The van der Waals surface area contributed by atoms with E-state index in [1.54, 1.807) is 18.7 Å². The first kappa shape index (κ1) is 11.9. The summed E-state index contributed by atoms with van der Waals surface area (Å²) >= 11 is 1.74. The summed E-state index contributed by atoms with van der Waals surface area (Å²) in [5.74, 6) is 6.98. The molecule has 1 rings (SSSR count). The number of hydrogen-bond acceptors (Lipinski definition) is 2. The van der Waals surface area contributed by atoms with Gasteiger partial charge in [-0.25, -0.2) is 0 Å². The summed E-state index contributed by atoms with van der Waals surface area (Å²) in [5, 5.41) is 0.